The fourth-order valence-corrected chi connectivity index (χ4v) is 5.05. The van der Waals surface area contributed by atoms with Crippen LogP contribution in [0.2, 0.25) is 0 Å². The average Bonchev–Trinajstić information content (AvgIpc) is 3.44. The lowest BCUT2D eigenvalue weighted by atomic mass is 9.94. The van der Waals surface area contributed by atoms with Crippen LogP contribution in [0, 0.1) is 11.8 Å². The fourth-order valence-electron chi connectivity index (χ4n) is 5.05. The lowest BCUT2D eigenvalue weighted by Gasteiger charge is -2.36. The minimum absolute atomic E-state index is 0.105. The fraction of sp³-hybridized carbons (Fsp3) is 0.407. The Balaban J connectivity index is 1.23. The third-order valence-corrected chi connectivity index (χ3v) is 6.93. The Morgan fingerprint density at radius 1 is 0.972 bits per heavy atom. The Bertz CT molecular complexity index is 1180. The quantitative estimate of drug-likeness (QED) is 0.622. The highest BCUT2D eigenvalue weighted by Gasteiger charge is 2.44. The van der Waals surface area contributed by atoms with Crippen LogP contribution in [-0.2, 0) is 9.59 Å². The number of likely N-dealkylation sites (tertiary alicyclic amines) is 1. The summed E-state index contributed by atoms with van der Waals surface area (Å²) in [6.07, 6.45) is 1.38. The van der Waals surface area contributed by atoms with Gasteiger partial charge in [-0.3, -0.25) is 24.1 Å². The third-order valence-electron chi connectivity index (χ3n) is 6.93. The number of anilines is 1. The highest BCUT2D eigenvalue weighted by atomic mass is 16.7. The van der Waals surface area contributed by atoms with Gasteiger partial charge in [-0.05, 0) is 49.4 Å². The number of piperidine rings is 1. The van der Waals surface area contributed by atoms with Crippen molar-refractivity contribution in [3.8, 4) is 11.5 Å². The van der Waals surface area contributed by atoms with Gasteiger partial charge >= 0.3 is 0 Å². The van der Waals surface area contributed by atoms with E-state index in [4.69, 9.17) is 9.47 Å². The predicted molar refractivity (Wildman–Crippen MR) is 131 cm³/mol. The van der Waals surface area contributed by atoms with Crippen LogP contribution in [-0.4, -0.2) is 59.4 Å². The molecule has 0 aliphatic carbocycles. The van der Waals surface area contributed by atoms with Crippen LogP contribution >= 0.6 is 0 Å². The molecular formula is C27H29N3O6. The second-order valence-electron chi connectivity index (χ2n) is 9.83. The summed E-state index contributed by atoms with van der Waals surface area (Å²) in [4.78, 5) is 55.4. The first-order valence-electron chi connectivity index (χ1n) is 12.3. The highest BCUT2D eigenvalue weighted by Crippen LogP contribution is 2.35. The van der Waals surface area contributed by atoms with Gasteiger partial charge in [-0.2, -0.15) is 0 Å². The highest BCUT2D eigenvalue weighted by molar-refractivity contribution is 6.22. The van der Waals surface area contributed by atoms with E-state index in [-0.39, 0.29) is 30.4 Å². The lowest BCUT2D eigenvalue weighted by molar-refractivity contribution is -0.138. The van der Waals surface area contributed by atoms with E-state index in [9.17, 15) is 19.2 Å². The van der Waals surface area contributed by atoms with Gasteiger partial charge in [0, 0.05) is 30.8 Å². The zero-order chi connectivity index (χ0) is 25.4. The number of amides is 4. The SMILES string of the molecule is CC(C)C[C@@H](C(=O)N1CCC(C(=O)Nc2ccc3c(c2)OCO3)CC1)N1C(=O)c2ccccc2C1=O. The number of imide groups is 1. The van der Waals surface area contributed by atoms with E-state index in [1.54, 1.807) is 47.4 Å². The Hall–Kier alpha value is -3.88. The molecule has 3 aliphatic rings. The van der Waals surface area contributed by atoms with Crippen LogP contribution in [0.5, 0.6) is 11.5 Å². The van der Waals surface area contributed by atoms with Gasteiger partial charge in [-0.15, -0.1) is 0 Å². The molecule has 0 aromatic heterocycles. The Kier molecular flexibility index (Phi) is 6.38. The Morgan fingerprint density at radius 3 is 2.25 bits per heavy atom. The van der Waals surface area contributed by atoms with Gasteiger partial charge in [-0.25, -0.2) is 0 Å². The average molecular weight is 492 g/mol. The summed E-state index contributed by atoms with van der Waals surface area (Å²) in [5.74, 6) is -0.102. The second kappa shape index (κ2) is 9.64. The molecule has 1 saturated heterocycles. The van der Waals surface area contributed by atoms with Crippen molar-refractivity contribution in [1.82, 2.24) is 9.80 Å². The van der Waals surface area contributed by atoms with Gasteiger partial charge in [0.2, 0.25) is 18.6 Å². The van der Waals surface area contributed by atoms with Crippen molar-refractivity contribution in [3.05, 3.63) is 53.6 Å². The van der Waals surface area contributed by atoms with E-state index in [1.165, 1.54) is 0 Å². The molecule has 3 aliphatic heterocycles. The number of carbonyl (C=O) groups excluding carboxylic acids is 4. The van der Waals surface area contributed by atoms with Crippen LogP contribution in [0.3, 0.4) is 0 Å². The second-order valence-corrected chi connectivity index (χ2v) is 9.83. The first-order chi connectivity index (χ1) is 17.3. The predicted octanol–water partition coefficient (Wildman–Crippen LogP) is 3.30. The van der Waals surface area contributed by atoms with E-state index in [1.807, 2.05) is 13.8 Å². The summed E-state index contributed by atoms with van der Waals surface area (Å²) < 4.78 is 10.7. The molecule has 9 nitrogen and oxygen atoms in total. The molecule has 0 saturated carbocycles. The van der Waals surface area contributed by atoms with E-state index in [2.05, 4.69) is 5.32 Å². The van der Waals surface area contributed by atoms with E-state index >= 15 is 0 Å². The van der Waals surface area contributed by atoms with Gasteiger partial charge in [0.15, 0.2) is 11.5 Å². The van der Waals surface area contributed by atoms with Crippen molar-refractivity contribution in [1.29, 1.82) is 0 Å². The van der Waals surface area contributed by atoms with Crippen molar-refractivity contribution in [2.45, 2.75) is 39.2 Å². The third kappa shape index (κ3) is 4.41. The Labute approximate surface area is 209 Å². The van der Waals surface area contributed by atoms with Crippen LogP contribution in [0.15, 0.2) is 42.5 Å². The molecule has 188 valence electrons. The molecule has 9 heteroatoms. The maximum absolute atomic E-state index is 13.6. The number of nitrogens with one attached hydrogen (secondary N) is 1. The minimum Gasteiger partial charge on any atom is -0.454 e. The van der Waals surface area contributed by atoms with E-state index < -0.39 is 17.9 Å². The lowest BCUT2D eigenvalue weighted by Crippen LogP contribution is -2.53. The monoisotopic (exact) mass is 491 g/mol. The molecule has 2 aromatic carbocycles. The van der Waals surface area contributed by atoms with Crippen molar-refractivity contribution < 1.29 is 28.7 Å². The Morgan fingerprint density at radius 2 is 1.61 bits per heavy atom. The first kappa shape index (κ1) is 23.8. The maximum Gasteiger partial charge on any atom is 0.262 e. The number of benzene rings is 2. The number of rotatable bonds is 6. The summed E-state index contributed by atoms with van der Waals surface area (Å²) in [7, 11) is 0. The summed E-state index contributed by atoms with van der Waals surface area (Å²) in [6.45, 7) is 4.86. The normalized spacial score (nSPS) is 18.0. The number of carbonyl (C=O) groups is 4. The van der Waals surface area contributed by atoms with Gasteiger partial charge in [0.05, 0.1) is 11.1 Å². The standard InChI is InChI=1S/C27H29N3O6/c1-16(2)13-21(30-25(32)19-5-3-4-6-20(19)26(30)33)27(34)29-11-9-17(10-12-29)24(31)28-18-7-8-22-23(14-18)36-15-35-22/h3-8,14,16-17,21H,9-13,15H2,1-2H3,(H,28,31)/t21-/m0/s1. The number of hydrogen-bond donors (Lipinski definition) is 1. The molecule has 2 aromatic rings. The number of nitrogens with zero attached hydrogens (tertiary/aromatic N) is 2. The topological polar surface area (TPSA) is 105 Å². The molecule has 0 unspecified atom stereocenters. The molecule has 36 heavy (non-hydrogen) atoms. The molecule has 5 rings (SSSR count). The van der Waals surface area contributed by atoms with Crippen molar-refractivity contribution in [3.63, 3.8) is 0 Å². The summed E-state index contributed by atoms with van der Waals surface area (Å²) in [5.41, 5.74) is 1.30. The van der Waals surface area contributed by atoms with E-state index in [0.29, 0.717) is 60.7 Å². The van der Waals surface area contributed by atoms with Gasteiger partial charge in [0.25, 0.3) is 11.8 Å². The maximum atomic E-state index is 13.6. The molecule has 1 atom stereocenters. The van der Waals surface area contributed by atoms with Crippen LogP contribution < -0.4 is 14.8 Å². The van der Waals surface area contributed by atoms with Crippen LogP contribution in [0.1, 0.15) is 53.8 Å². The molecule has 0 spiro atoms. The summed E-state index contributed by atoms with van der Waals surface area (Å²) >= 11 is 0. The van der Waals surface area contributed by atoms with Crippen molar-refractivity contribution >= 4 is 29.3 Å². The zero-order valence-electron chi connectivity index (χ0n) is 20.4. The summed E-state index contributed by atoms with van der Waals surface area (Å²) in [5, 5.41) is 2.93. The smallest absolute Gasteiger partial charge is 0.262 e. The molecule has 1 N–H and O–H groups in total. The summed E-state index contributed by atoms with van der Waals surface area (Å²) in [6, 6.07) is 11.1. The molecule has 0 radical (unpaired) electrons. The molecule has 1 fully saturated rings. The minimum atomic E-state index is -0.864. The number of ether oxygens (including phenoxy) is 2. The van der Waals surface area contributed by atoms with Gasteiger partial charge in [-0.1, -0.05) is 26.0 Å². The number of fused-ring (bicyclic) bond motifs is 2. The number of hydrogen-bond acceptors (Lipinski definition) is 6. The zero-order valence-corrected chi connectivity index (χ0v) is 20.4. The van der Waals surface area contributed by atoms with Crippen LogP contribution in [0.4, 0.5) is 5.69 Å². The van der Waals surface area contributed by atoms with Crippen molar-refractivity contribution in [2.24, 2.45) is 11.8 Å². The van der Waals surface area contributed by atoms with Gasteiger partial charge < -0.3 is 19.7 Å². The first-order valence-corrected chi connectivity index (χ1v) is 12.3. The largest absolute Gasteiger partial charge is 0.454 e. The van der Waals surface area contributed by atoms with Gasteiger partial charge in [0.1, 0.15) is 6.04 Å². The molecule has 0 bridgehead atoms. The molecule has 3 heterocycles. The molecular weight excluding hydrogens is 462 g/mol. The van der Waals surface area contributed by atoms with E-state index in [0.717, 1.165) is 4.90 Å². The van der Waals surface area contributed by atoms with Crippen molar-refractivity contribution in [2.75, 3.05) is 25.2 Å². The molecule has 4 amide bonds. The van der Waals surface area contributed by atoms with Crippen LogP contribution in [0.25, 0.3) is 0 Å².